The highest BCUT2D eigenvalue weighted by molar-refractivity contribution is 7.13. The van der Waals surface area contributed by atoms with Gasteiger partial charge in [0, 0.05) is 23.4 Å². The number of carbonyl (C=O) groups excluding carboxylic acids is 1. The van der Waals surface area contributed by atoms with Crippen LogP contribution in [0, 0.1) is 11.6 Å². The number of hydrogen-bond acceptors (Lipinski definition) is 3. The second-order valence-corrected chi connectivity index (χ2v) is 4.83. The number of thiazole rings is 1. The predicted octanol–water partition coefficient (Wildman–Crippen LogP) is 3.61. The zero-order valence-electron chi connectivity index (χ0n) is 9.74. The van der Waals surface area contributed by atoms with Gasteiger partial charge in [-0.05, 0) is 25.5 Å². The van der Waals surface area contributed by atoms with Gasteiger partial charge in [0.2, 0.25) is 0 Å². The van der Waals surface area contributed by atoms with Gasteiger partial charge in [0.25, 0.3) is 0 Å². The minimum Gasteiger partial charge on any atom is -0.300 e. The fraction of sp³-hybridized carbons (Fsp3) is 0.231. The topological polar surface area (TPSA) is 30.0 Å². The van der Waals surface area contributed by atoms with Crippen LogP contribution >= 0.6 is 11.3 Å². The maximum Gasteiger partial charge on any atom is 0.136 e. The minimum atomic E-state index is -0.623. The normalized spacial score (nSPS) is 10.6. The Hall–Kier alpha value is -1.62. The highest BCUT2D eigenvalue weighted by Gasteiger charge is 2.10. The summed E-state index contributed by atoms with van der Waals surface area (Å²) in [6.07, 6.45) is 0.976. The molecule has 0 fully saturated rings. The summed E-state index contributed by atoms with van der Waals surface area (Å²) in [5.74, 6) is -1.13. The van der Waals surface area contributed by atoms with Gasteiger partial charge in [0.15, 0.2) is 0 Å². The standard InChI is InChI=1S/C13H11F2NOS/c1-8(17)2-4-10-7-18-13(16-10)11-5-3-9(14)6-12(11)15/h3,5-7H,2,4H2,1H3. The molecule has 1 aromatic carbocycles. The van der Waals surface area contributed by atoms with Gasteiger partial charge >= 0.3 is 0 Å². The number of nitrogens with zero attached hydrogens (tertiary/aromatic N) is 1. The molecule has 1 heterocycles. The lowest BCUT2D eigenvalue weighted by atomic mass is 10.2. The summed E-state index contributed by atoms with van der Waals surface area (Å²) in [6, 6.07) is 3.42. The van der Waals surface area contributed by atoms with Gasteiger partial charge in [-0.1, -0.05) is 0 Å². The molecule has 2 aromatic rings. The molecule has 94 valence electrons. The fourth-order valence-electron chi connectivity index (χ4n) is 1.51. The number of hydrogen-bond donors (Lipinski definition) is 0. The monoisotopic (exact) mass is 267 g/mol. The van der Waals surface area contributed by atoms with Gasteiger partial charge in [-0.15, -0.1) is 11.3 Å². The van der Waals surface area contributed by atoms with Gasteiger partial charge in [-0.2, -0.15) is 0 Å². The molecule has 0 N–H and O–H groups in total. The number of aromatic nitrogens is 1. The molecule has 0 bridgehead atoms. The van der Waals surface area contributed by atoms with Crippen molar-refractivity contribution in [3.8, 4) is 10.6 Å². The largest absolute Gasteiger partial charge is 0.300 e. The minimum absolute atomic E-state index is 0.0949. The smallest absolute Gasteiger partial charge is 0.136 e. The van der Waals surface area contributed by atoms with Crippen molar-refractivity contribution in [3.63, 3.8) is 0 Å². The van der Waals surface area contributed by atoms with Crippen molar-refractivity contribution < 1.29 is 13.6 Å². The van der Waals surface area contributed by atoms with E-state index in [4.69, 9.17) is 0 Å². The molecule has 5 heteroatoms. The van der Waals surface area contributed by atoms with E-state index < -0.39 is 11.6 Å². The van der Waals surface area contributed by atoms with E-state index in [1.165, 1.54) is 30.4 Å². The first kappa shape index (κ1) is 12.8. The number of aryl methyl sites for hydroxylation is 1. The first-order chi connectivity index (χ1) is 8.56. The molecule has 0 atom stereocenters. The van der Waals surface area contributed by atoms with Crippen molar-refractivity contribution in [1.82, 2.24) is 4.98 Å². The van der Waals surface area contributed by atoms with E-state index in [0.29, 0.717) is 17.8 Å². The van der Waals surface area contributed by atoms with Gasteiger partial charge in [-0.25, -0.2) is 13.8 Å². The lowest BCUT2D eigenvalue weighted by Gasteiger charge is -1.98. The molecule has 0 amide bonds. The number of ketones is 1. The quantitative estimate of drug-likeness (QED) is 0.847. The molecule has 1 aromatic heterocycles. The third-order valence-corrected chi connectivity index (χ3v) is 3.37. The van der Waals surface area contributed by atoms with Crippen LogP contribution in [0.4, 0.5) is 8.78 Å². The average Bonchev–Trinajstić information content (AvgIpc) is 2.75. The van der Waals surface area contributed by atoms with Crippen LogP contribution < -0.4 is 0 Å². The van der Waals surface area contributed by atoms with E-state index in [-0.39, 0.29) is 11.3 Å². The van der Waals surface area contributed by atoms with Crippen molar-refractivity contribution in [2.24, 2.45) is 0 Å². The Morgan fingerprint density at radius 3 is 2.83 bits per heavy atom. The maximum atomic E-state index is 13.5. The first-order valence-corrected chi connectivity index (χ1v) is 6.33. The predicted molar refractivity (Wildman–Crippen MR) is 66.5 cm³/mol. The summed E-state index contributed by atoms with van der Waals surface area (Å²) in [7, 11) is 0. The molecule has 2 nitrogen and oxygen atoms in total. The van der Waals surface area contributed by atoms with E-state index in [9.17, 15) is 13.6 Å². The van der Waals surface area contributed by atoms with Crippen molar-refractivity contribution in [1.29, 1.82) is 0 Å². The summed E-state index contributed by atoms with van der Waals surface area (Å²) in [5.41, 5.74) is 1.05. The molecule has 0 unspecified atom stereocenters. The Labute approximate surface area is 107 Å². The first-order valence-electron chi connectivity index (χ1n) is 5.45. The van der Waals surface area contributed by atoms with Gasteiger partial charge in [0.05, 0.1) is 5.69 Å². The van der Waals surface area contributed by atoms with Gasteiger partial charge in [0.1, 0.15) is 22.4 Å². The second-order valence-electron chi connectivity index (χ2n) is 3.97. The van der Waals surface area contributed by atoms with Gasteiger partial charge in [-0.3, -0.25) is 0 Å². The lowest BCUT2D eigenvalue weighted by molar-refractivity contribution is -0.116. The molecule has 18 heavy (non-hydrogen) atoms. The van der Waals surface area contributed by atoms with Crippen LogP contribution in [0.2, 0.25) is 0 Å². The van der Waals surface area contributed by atoms with Gasteiger partial charge < -0.3 is 4.79 Å². The van der Waals surface area contributed by atoms with Crippen molar-refractivity contribution >= 4 is 17.1 Å². The summed E-state index contributed by atoms with van der Waals surface area (Å²) in [5, 5.41) is 2.30. The summed E-state index contributed by atoms with van der Waals surface area (Å²) >= 11 is 1.29. The van der Waals surface area contributed by atoms with Crippen LogP contribution in [0.1, 0.15) is 19.0 Å². The van der Waals surface area contributed by atoms with Crippen molar-refractivity contribution in [2.45, 2.75) is 19.8 Å². The number of carbonyl (C=O) groups is 1. The van der Waals surface area contributed by atoms with E-state index in [2.05, 4.69) is 4.98 Å². The SMILES string of the molecule is CC(=O)CCc1csc(-c2ccc(F)cc2F)n1. The average molecular weight is 267 g/mol. The van der Waals surface area contributed by atoms with Crippen molar-refractivity contribution in [3.05, 3.63) is 40.9 Å². The van der Waals surface area contributed by atoms with E-state index in [1.54, 1.807) is 5.38 Å². The summed E-state index contributed by atoms with van der Waals surface area (Å²) < 4.78 is 26.3. The molecular weight excluding hydrogens is 256 g/mol. The molecule has 0 saturated heterocycles. The number of halogens is 2. The molecule has 0 spiro atoms. The van der Waals surface area contributed by atoms with Crippen LogP contribution in [0.3, 0.4) is 0 Å². The number of Topliss-reactive ketones (excluding diaryl/α,β-unsaturated/α-hetero) is 1. The summed E-state index contributed by atoms with van der Waals surface area (Å²) in [6.45, 7) is 1.52. The highest BCUT2D eigenvalue weighted by atomic mass is 32.1. The Morgan fingerprint density at radius 2 is 2.17 bits per heavy atom. The Morgan fingerprint density at radius 1 is 1.39 bits per heavy atom. The summed E-state index contributed by atoms with van der Waals surface area (Å²) in [4.78, 5) is 15.1. The third-order valence-electron chi connectivity index (χ3n) is 2.45. The van der Waals surface area contributed by atoms with E-state index >= 15 is 0 Å². The Kier molecular flexibility index (Phi) is 3.81. The molecule has 0 aliphatic carbocycles. The zero-order valence-corrected chi connectivity index (χ0v) is 10.6. The molecule has 2 rings (SSSR count). The Bertz CT molecular complexity index is 580. The zero-order chi connectivity index (χ0) is 13.1. The van der Waals surface area contributed by atoms with Crippen molar-refractivity contribution in [2.75, 3.05) is 0 Å². The van der Waals surface area contributed by atoms with Crippen LogP contribution in [0.15, 0.2) is 23.6 Å². The lowest BCUT2D eigenvalue weighted by Crippen LogP contribution is -1.94. The Balaban J connectivity index is 2.21. The molecule has 0 saturated carbocycles. The van der Waals surface area contributed by atoms with Crippen LogP contribution in [0.25, 0.3) is 10.6 Å². The second kappa shape index (κ2) is 5.35. The third kappa shape index (κ3) is 2.98. The molecule has 0 radical (unpaired) electrons. The fourth-order valence-corrected chi connectivity index (χ4v) is 2.39. The van der Waals surface area contributed by atoms with E-state index in [0.717, 1.165) is 11.8 Å². The number of benzene rings is 1. The van der Waals surface area contributed by atoms with Crippen LogP contribution in [-0.2, 0) is 11.2 Å². The number of rotatable bonds is 4. The maximum absolute atomic E-state index is 13.5. The molecule has 0 aliphatic rings. The van der Waals surface area contributed by atoms with Crippen LogP contribution in [0.5, 0.6) is 0 Å². The molecular formula is C13H11F2NOS. The molecule has 0 aliphatic heterocycles. The van der Waals surface area contributed by atoms with E-state index in [1.807, 2.05) is 0 Å². The highest BCUT2D eigenvalue weighted by Crippen LogP contribution is 2.27. The van der Waals surface area contributed by atoms with Crippen LogP contribution in [-0.4, -0.2) is 10.8 Å².